The molecule has 2 N–H and O–H groups in total. The van der Waals surface area contributed by atoms with Crippen molar-refractivity contribution >= 4 is 33.7 Å². The summed E-state index contributed by atoms with van der Waals surface area (Å²) in [4.78, 5) is 36.6. The number of ether oxygens (including phenoxy) is 1. The van der Waals surface area contributed by atoms with Crippen LogP contribution in [0.3, 0.4) is 0 Å². The summed E-state index contributed by atoms with van der Waals surface area (Å²) >= 11 is 3.37. The monoisotopic (exact) mass is 446 g/mol. The minimum atomic E-state index is -0.856. The maximum atomic E-state index is 12.8. The molecule has 2 atom stereocenters. The predicted molar refractivity (Wildman–Crippen MR) is 110 cm³/mol. The number of methoxy groups -OCH3 is 1. The van der Waals surface area contributed by atoms with Crippen molar-refractivity contribution in [3.05, 3.63) is 70.2 Å². The standard InChI is InChI=1S/C21H23BrN2O4/c1-14(25)23-18(12-15-6-4-3-5-7-15)20(26)24-19(21(27)28-2)13-16-8-10-17(22)11-9-16/h3-11,18-19H,12-13H2,1-2H3,(H,23,25)(H,24,26)/t18-,19+/m0/s1. The zero-order chi connectivity index (χ0) is 20.5. The third kappa shape index (κ3) is 6.81. The van der Waals surface area contributed by atoms with E-state index in [2.05, 4.69) is 26.6 Å². The van der Waals surface area contributed by atoms with E-state index < -0.39 is 24.0 Å². The van der Waals surface area contributed by atoms with E-state index in [0.717, 1.165) is 15.6 Å². The average Bonchev–Trinajstić information content (AvgIpc) is 2.68. The molecule has 0 heterocycles. The van der Waals surface area contributed by atoms with Crippen molar-refractivity contribution < 1.29 is 19.1 Å². The number of hydrogen-bond acceptors (Lipinski definition) is 4. The van der Waals surface area contributed by atoms with Crippen molar-refractivity contribution in [3.63, 3.8) is 0 Å². The maximum Gasteiger partial charge on any atom is 0.328 e. The molecule has 0 spiro atoms. The van der Waals surface area contributed by atoms with Crippen molar-refractivity contribution in [1.29, 1.82) is 0 Å². The van der Waals surface area contributed by atoms with Gasteiger partial charge in [0.25, 0.3) is 0 Å². The molecule has 0 aliphatic rings. The molecule has 0 aliphatic carbocycles. The second-order valence-electron chi connectivity index (χ2n) is 6.36. The van der Waals surface area contributed by atoms with Gasteiger partial charge in [0.2, 0.25) is 11.8 Å². The topological polar surface area (TPSA) is 84.5 Å². The molecule has 0 aliphatic heterocycles. The van der Waals surface area contributed by atoms with Crippen molar-refractivity contribution in [3.8, 4) is 0 Å². The molecule has 2 aromatic rings. The summed E-state index contributed by atoms with van der Waals surface area (Å²) in [6.07, 6.45) is 0.599. The van der Waals surface area contributed by atoms with Crippen LogP contribution in [-0.4, -0.2) is 37.0 Å². The van der Waals surface area contributed by atoms with Gasteiger partial charge in [0, 0.05) is 24.2 Å². The van der Waals surface area contributed by atoms with Crippen molar-refractivity contribution in [2.24, 2.45) is 0 Å². The van der Waals surface area contributed by atoms with E-state index in [1.54, 1.807) is 0 Å². The van der Waals surface area contributed by atoms with E-state index >= 15 is 0 Å². The maximum absolute atomic E-state index is 12.8. The van der Waals surface area contributed by atoms with Gasteiger partial charge in [-0.2, -0.15) is 0 Å². The van der Waals surface area contributed by atoms with Gasteiger partial charge >= 0.3 is 5.97 Å². The Kier molecular flexibility index (Phi) is 8.19. The van der Waals surface area contributed by atoms with Gasteiger partial charge in [-0.3, -0.25) is 9.59 Å². The number of rotatable bonds is 8. The van der Waals surface area contributed by atoms with Gasteiger partial charge in [-0.1, -0.05) is 58.4 Å². The van der Waals surface area contributed by atoms with Crippen LogP contribution in [-0.2, 0) is 32.0 Å². The van der Waals surface area contributed by atoms with Crippen LogP contribution in [0.2, 0.25) is 0 Å². The molecule has 7 heteroatoms. The first-order valence-corrected chi connectivity index (χ1v) is 9.62. The normalized spacial score (nSPS) is 12.5. The highest BCUT2D eigenvalue weighted by molar-refractivity contribution is 9.10. The van der Waals surface area contributed by atoms with E-state index in [0.29, 0.717) is 6.42 Å². The van der Waals surface area contributed by atoms with Crippen LogP contribution in [0.5, 0.6) is 0 Å². The molecule has 148 valence electrons. The Morgan fingerprint density at radius 2 is 1.46 bits per heavy atom. The Morgan fingerprint density at radius 1 is 0.893 bits per heavy atom. The van der Waals surface area contributed by atoms with Crippen LogP contribution < -0.4 is 10.6 Å². The second kappa shape index (κ2) is 10.6. The van der Waals surface area contributed by atoms with E-state index in [1.807, 2.05) is 54.6 Å². The van der Waals surface area contributed by atoms with Crippen LogP contribution >= 0.6 is 15.9 Å². The van der Waals surface area contributed by atoms with Crippen LogP contribution in [0.4, 0.5) is 0 Å². The number of carbonyl (C=O) groups excluding carboxylic acids is 3. The fourth-order valence-electron chi connectivity index (χ4n) is 2.77. The fourth-order valence-corrected chi connectivity index (χ4v) is 3.03. The van der Waals surface area contributed by atoms with Gasteiger partial charge in [0.05, 0.1) is 7.11 Å². The lowest BCUT2D eigenvalue weighted by atomic mass is 10.0. The highest BCUT2D eigenvalue weighted by Gasteiger charge is 2.27. The SMILES string of the molecule is COC(=O)[C@@H](Cc1ccc(Br)cc1)NC(=O)[C@H](Cc1ccccc1)NC(C)=O. The summed E-state index contributed by atoms with van der Waals surface area (Å²) in [5.41, 5.74) is 1.77. The highest BCUT2D eigenvalue weighted by Crippen LogP contribution is 2.13. The van der Waals surface area contributed by atoms with Crippen LogP contribution in [0, 0.1) is 0 Å². The lowest BCUT2D eigenvalue weighted by Crippen LogP contribution is -2.53. The third-order valence-electron chi connectivity index (χ3n) is 4.13. The van der Waals surface area contributed by atoms with Gasteiger partial charge < -0.3 is 15.4 Å². The molecule has 2 rings (SSSR count). The average molecular weight is 447 g/mol. The third-order valence-corrected chi connectivity index (χ3v) is 4.66. The number of nitrogens with one attached hydrogen (secondary N) is 2. The van der Waals surface area contributed by atoms with Crippen molar-refractivity contribution in [1.82, 2.24) is 10.6 Å². The first-order chi connectivity index (χ1) is 13.4. The van der Waals surface area contributed by atoms with Gasteiger partial charge in [0.15, 0.2) is 0 Å². The van der Waals surface area contributed by atoms with Crippen molar-refractivity contribution in [2.45, 2.75) is 31.8 Å². The van der Waals surface area contributed by atoms with Crippen LogP contribution in [0.15, 0.2) is 59.1 Å². The summed E-state index contributed by atoms with van der Waals surface area (Å²) in [6, 6.07) is 15.2. The van der Waals surface area contributed by atoms with Crippen LogP contribution in [0.25, 0.3) is 0 Å². The Bertz CT molecular complexity index is 809. The molecule has 6 nitrogen and oxygen atoms in total. The zero-order valence-electron chi connectivity index (χ0n) is 15.8. The molecule has 2 aromatic carbocycles. The lowest BCUT2D eigenvalue weighted by Gasteiger charge is -2.22. The summed E-state index contributed by atoms with van der Waals surface area (Å²) in [5, 5.41) is 5.37. The minimum absolute atomic E-state index is 0.282. The quantitative estimate of drug-likeness (QED) is 0.609. The van der Waals surface area contributed by atoms with E-state index in [4.69, 9.17) is 4.74 Å². The Morgan fingerprint density at radius 3 is 2.04 bits per heavy atom. The van der Waals surface area contributed by atoms with Gasteiger partial charge in [-0.05, 0) is 23.3 Å². The lowest BCUT2D eigenvalue weighted by molar-refractivity contribution is -0.145. The largest absolute Gasteiger partial charge is 0.467 e. The molecule has 0 aromatic heterocycles. The zero-order valence-corrected chi connectivity index (χ0v) is 17.4. The molecule has 0 bridgehead atoms. The molecular formula is C21H23BrN2O4. The Balaban J connectivity index is 2.14. The summed E-state index contributed by atoms with van der Waals surface area (Å²) in [7, 11) is 1.28. The van der Waals surface area contributed by atoms with E-state index in [-0.39, 0.29) is 12.3 Å². The fraction of sp³-hybridized carbons (Fsp3) is 0.286. The van der Waals surface area contributed by atoms with Gasteiger partial charge in [0.1, 0.15) is 12.1 Å². The molecule has 0 saturated carbocycles. The Hall–Kier alpha value is -2.67. The molecular weight excluding hydrogens is 424 g/mol. The number of amides is 2. The molecule has 0 fully saturated rings. The van der Waals surface area contributed by atoms with E-state index in [1.165, 1.54) is 14.0 Å². The van der Waals surface area contributed by atoms with Crippen molar-refractivity contribution in [2.75, 3.05) is 7.11 Å². The van der Waals surface area contributed by atoms with Gasteiger partial charge in [-0.25, -0.2) is 4.79 Å². The summed E-state index contributed by atoms with van der Waals surface area (Å²) < 4.78 is 5.76. The summed E-state index contributed by atoms with van der Waals surface area (Å²) in [5.74, 6) is -1.30. The number of carbonyl (C=O) groups is 3. The molecule has 28 heavy (non-hydrogen) atoms. The molecule has 0 unspecified atom stereocenters. The second-order valence-corrected chi connectivity index (χ2v) is 7.27. The van der Waals surface area contributed by atoms with Crippen LogP contribution in [0.1, 0.15) is 18.1 Å². The first kappa shape index (κ1) is 21.6. The first-order valence-electron chi connectivity index (χ1n) is 8.82. The number of halogens is 1. The summed E-state index contributed by atoms with van der Waals surface area (Å²) in [6.45, 7) is 1.35. The van der Waals surface area contributed by atoms with E-state index in [9.17, 15) is 14.4 Å². The minimum Gasteiger partial charge on any atom is -0.467 e. The number of benzene rings is 2. The molecule has 2 amide bonds. The smallest absolute Gasteiger partial charge is 0.328 e. The van der Waals surface area contributed by atoms with Gasteiger partial charge in [-0.15, -0.1) is 0 Å². The predicted octanol–water partition coefficient (Wildman–Crippen LogP) is 2.40. The number of esters is 1. The highest BCUT2D eigenvalue weighted by atomic mass is 79.9. The Labute approximate surface area is 172 Å². The number of hydrogen-bond donors (Lipinski definition) is 2. The molecule has 0 saturated heterocycles. The molecule has 0 radical (unpaired) electrons.